The molecular weight excluding hydrogens is 280 g/mol. The van der Waals surface area contributed by atoms with E-state index in [1.165, 1.54) is 0 Å². The molecule has 0 aromatic carbocycles. The number of nitrogens with zero attached hydrogens (tertiary/aromatic N) is 2. The van der Waals surface area contributed by atoms with Crippen LogP contribution in [0.5, 0.6) is 0 Å². The lowest BCUT2D eigenvalue weighted by Crippen LogP contribution is -2.48. The first-order chi connectivity index (χ1) is 10.3. The zero-order chi connectivity index (χ0) is 16.6. The van der Waals surface area contributed by atoms with Gasteiger partial charge in [0.25, 0.3) is 0 Å². The van der Waals surface area contributed by atoms with Gasteiger partial charge < -0.3 is 20.7 Å². The SMILES string of the molecule is CCOC(=O)N1CCC(NC(N)=NCCCC(C)(C)C)CC1. The van der Waals surface area contributed by atoms with Crippen molar-refractivity contribution in [1.82, 2.24) is 10.2 Å². The van der Waals surface area contributed by atoms with E-state index in [4.69, 9.17) is 10.5 Å². The average molecular weight is 312 g/mol. The van der Waals surface area contributed by atoms with Crippen LogP contribution in [0.15, 0.2) is 4.99 Å². The fourth-order valence-electron chi connectivity index (χ4n) is 2.48. The molecule has 22 heavy (non-hydrogen) atoms. The van der Waals surface area contributed by atoms with Crippen molar-refractivity contribution in [3.05, 3.63) is 0 Å². The topological polar surface area (TPSA) is 80.0 Å². The molecule has 128 valence electrons. The number of hydrogen-bond donors (Lipinski definition) is 2. The molecular formula is C16H32N4O2. The van der Waals surface area contributed by atoms with Gasteiger partial charge in [-0.2, -0.15) is 0 Å². The van der Waals surface area contributed by atoms with E-state index in [2.05, 4.69) is 31.1 Å². The Morgan fingerprint density at radius 2 is 2.00 bits per heavy atom. The summed E-state index contributed by atoms with van der Waals surface area (Å²) in [6.45, 7) is 11.1. The fourth-order valence-corrected chi connectivity index (χ4v) is 2.48. The maximum Gasteiger partial charge on any atom is 0.409 e. The number of guanidine groups is 1. The Balaban J connectivity index is 2.24. The van der Waals surface area contributed by atoms with E-state index in [0.717, 1.165) is 32.2 Å². The Labute approximate surface area is 134 Å². The molecule has 0 aromatic heterocycles. The summed E-state index contributed by atoms with van der Waals surface area (Å²) in [7, 11) is 0. The zero-order valence-corrected chi connectivity index (χ0v) is 14.5. The van der Waals surface area contributed by atoms with Gasteiger partial charge in [0.1, 0.15) is 0 Å². The molecule has 1 rings (SSSR count). The van der Waals surface area contributed by atoms with Crippen molar-refractivity contribution in [2.24, 2.45) is 16.1 Å². The quantitative estimate of drug-likeness (QED) is 0.464. The second-order valence-corrected chi connectivity index (χ2v) is 7.04. The van der Waals surface area contributed by atoms with Crippen molar-refractivity contribution < 1.29 is 9.53 Å². The highest BCUT2D eigenvalue weighted by molar-refractivity contribution is 5.78. The summed E-state index contributed by atoms with van der Waals surface area (Å²) in [6.07, 6.45) is 3.72. The molecule has 0 saturated carbocycles. The monoisotopic (exact) mass is 312 g/mol. The molecule has 0 bridgehead atoms. The van der Waals surface area contributed by atoms with E-state index >= 15 is 0 Å². The Morgan fingerprint density at radius 1 is 1.36 bits per heavy atom. The first-order valence-electron chi connectivity index (χ1n) is 8.30. The van der Waals surface area contributed by atoms with E-state index in [0.29, 0.717) is 31.1 Å². The molecule has 1 fully saturated rings. The molecule has 0 aromatic rings. The summed E-state index contributed by atoms with van der Waals surface area (Å²) in [4.78, 5) is 17.7. The maximum atomic E-state index is 11.6. The van der Waals surface area contributed by atoms with Crippen LogP contribution in [-0.4, -0.2) is 49.2 Å². The Hall–Kier alpha value is -1.46. The van der Waals surface area contributed by atoms with Crippen LogP contribution in [0.2, 0.25) is 0 Å². The Morgan fingerprint density at radius 3 is 2.55 bits per heavy atom. The highest BCUT2D eigenvalue weighted by Crippen LogP contribution is 2.20. The number of amides is 1. The Kier molecular flexibility index (Phi) is 7.48. The molecule has 0 spiro atoms. The maximum absolute atomic E-state index is 11.6. The summed E-state index contributed by atoms with van der Waals surface area (Å²) in [5, 5.41) is 3.26. The minimum atomic E-state index is -0.218. The zero-order valence-electron chi connectivity index (χ0n) is 14.5. The van der Waals surface area contributed by atoms with Gasteiger partial charge in [-0.1, -0.05) is 20.8 Å². The molecule has 6 nitrogen and oxygen atoms in total. The van der Waals surface area contributed by atoms with Gasteiger partial charge in [0, 0.05) is 25.7 Å². The number of hydrogen-bond acceptors (Lipinski definition) is 3. The van der Waals surface area contributed by atoms with Gasteiger partial charge in [0.15, 0.2) is 5.96 Å². The average Bonchev–Trinajstić information content (AvgIpc) is 2.44. The van der Waals surface area contributed by atoms with Crippen LogP contribution in [0.3, 0.4) is 0 Å². The van der Waals surface area contributed by atoms with Crippen LogP contribution in [0.1, 0.15) is 53.4 Å². The molecule has 3 N–H and O–H groups in total. The number of ether oxygens (including phenoxy) is 1. The normalized spacial score (nSPS) is 17.5. The van der Waals surface area contributed by atoms with E-state index < -0.39 is 0 Å². The van der Waals surface area contributed by atoms with Crippen molar-refractivity contribution in [2.75, 3.05) is 26.2 Å². The Bertz CT molecular complexity index is 369. The molecule has 0 unspecified atom stereocenters. The van der Waals surface area contributed by atoms with Crippen molar-refractivity contribution >= 4 is 12.1 Å². The van der Waals surface area contributed by atoms with E-state index in [9.17, 15) is 4.79 Å². The third-order valence-electron chi connectivity index (χ3n) is 3.74. The summed E-state index contributed by atoms with van der Waals surface area (Å²) in [5.41, 5.74) is 6.28. The fraction of sp³-hybridized carbons (Fsp3) is 0.875. The van der Waals surface area contributed by atoms with Crippen molar-refractivity contribution in [3.8, 4) is 0 Å². The predicted molar refractivity (Wildman–Crippen MR) is 89.9 cm³/mol. The highest BCUT2D eigenvalue weighted by Gasteiger charge is 2.23. The minimum Gasteiger partial charge on any atom is -0.450 e. The molecule has 0 radical (unpaired) electrons. The van der Waals surface area contributed by atoms with Gasteiger partial charge in [-0.3, -0.25) is 4.99 Å². The second kappa shape index (κ2) is 8.86. The number of carbonyl (C=O) groups excluding carboxylic acids is 1. The smallest absolute Gasteiger partial charge is 0.409 e. The number of aliphatic imine (C=N–C) groups is 1. The number of piperidine rings is 1. The predicted octanol–water partition coefficient (Wildman–Crippen LogP) is 2.34. The van der Waals surface area contributed by atoms with Gasteiger partial charge in [-0.05, 0) is 38.0 Å². The van der Waals surface area contributed by atoms with E-state index in [-0.39, 0.29) is 12.1 Å². The number of likely N-dealkylation sites (tertiary alicyclic amines) is 1. The van der Waals surface area contributed by atoms with Gasteiger partial charge >= 0.3 is 6.09 Å². The van der Waals surface area contributed by atoms with E-state index in [1.54, 1.807) is 4.90 Å². The molecule has 6 heteroatoms. The molecule has 1 aliphatic heterocycles. The van der Waals surface area contributed by atoms with Crippen LogP contribution in [-0.2, 0) is 4.74 Å². The largest absolute Gasteiger partial charge is 0.450 e. The van der Waals surface area contributed by atoms with Crippen LogP contribution in [0.4, 0.5) is 4.79 Å². The molecule has 1 heterocycles. The third kappa shape index (κ3) is 7.52. The van der Waals surface area contributed by atoms with E-state index in [1.807, 2.05) is 6.92 Å². The molecule has 1 saturated heterocycles. The summed E-state index contributed by atoms with van der Waals surface area (Å²) >= 11 is 0. The second-order valence-electron chi connectivity index (χ2n) is 7.04. The number of nitrogens with one attached hydrogen (secondary N) is 1. The van der Waals surface area contributed by atoms with Crippen LogP contribution < -0.4 is 11.1 Å². The van der Waals surface area contributed by atoms with Gasteiger partial charge in [-0.15, -0.1) is 0 Å². The molecule has 0 atom stereocenters. The number of carbonyl (C=O) groups is 1. The van der Waals surface area contributed by atoms with Crippen LogP contribution in [0, 0.1) is 5.41 Å². The molecule has 0 aliphatic carbocycles. The molecule has 1 aliphatic rings. The van der Waals surface area contributed by atoms with Gasteiger partial charge in [-0.25, -0.2) is 4.79 Å². The summed E-state index contributed by atoms with van der Waals surface area (Å²) in [5.74, 6) is 0.517. The van der Waals surface area contributed by atoms with Gasteiger partial charge in [0.05, 0.1) is 6.61 Å². The van der Waals surface area contributed by atoms with Crippen LogP contribution in [0.25, 0.3) is 0 Å². The van der Waals surface area contributed by atoms with Crippen molar-refractivity contribution in [3.63, 3.8) is 0 Å². The van der Waals surface area contributed by atoms with Crippen molar-refractivity contribution in [1.29, 1.82) is 0 Å². The number of rotatable bonds is 5. The summed E-state index contributed by atoms with van der Waals surface area (Å²) in [6, 6.07) is 0.289. The van der Waals surface area contributed by atoms with Crippen molar-refractivity contribution in [2.45, 2.75) is 59.4 Å². The lowest BCUT2D eigenvalue weighted by atomic mass is 9.91. The minimum absolute atomic E-state index is 0.218. The first-order valence-corrected chi connectivity index (χ1v) is 8.30. The first kappa shape index (κ1) is 18.6. The number of nitrogens with two attached hydrogens (primary N) is 1. The third-order valence-corrected chi connectivity index (χ3v) is 3.74. The lowest BCUT2D eigenvalue weighted by molar-refractivity contribution is 0.0963. The highest BCUT2D eigenvalue weighted by atomic mass is 16.6. The standard InChI is InChI=1S/C16H32N4O2/c1-5-22-15(21)20-11-7-13(8-12-20)19-14(17)18-10-6-9-16(2,3)4/h13H,5-12H2,1-4H3,(H3,17,18,19). The van der Waals surface area contributed by atoms with Crippen LogP contribution >= 0.6 is 0 Å². The lowest BCUT2D eigenvalue weighted by Gasteiger charge is -2.31. The summed E-state index contributed by atoms with van der Waals surface area (Å²) < 4.78 is 5.01. The van der Waals surface area contributed by atoms with Gasteiger partial charge in [0.2, 0.25) is 0 Å². The molecule has 1 amide bonds.